The second kappa shape index (κ2) is 14.6. The van der Waals surface area contributed by atoms with Gasteiger partial charge >= 0.3 is 11.9 Å². The van der Waals surface area contributed by atoms with Gasteiger partial charge in [-0.05, 0) is 99.1 Å². The van der Waals surface area contributed by atoms with Gasteiger partial charge in [-0.25, -0.2) is 9.59 Å². The van der Waals surface area contributed by atoms with Crippen LogP contribution in [0.2, 0.25) is 0 Å². The lowest BCUT2D eigenvalue weighted by Crippen LogP contribution is -2.42. The number of fused-ring (bicyclic) bond motifs is 6. The number of nitrogens with one attached hydrogen (secondary N) is 2. The molecular weight excluding hydrogens is 656 g/mol. The number of carbonyl (C=O) groups excluding carboxylic acids is 4. The maximum Gasteiger partial charge on any atom is 0.336 e. The Balaban J connectivity index is 1.29. The molecular formula is C42H44N4O6. The molecule has 0 bridgehead atoms. The number of ether oxygens (including phenoxy) is 2. The predicted molar refractivity (Wildman–Crippen MR) is 200 cm³/mol. The predicted octanol–water partition coefficient (Wildman–Crippen LogP) is 5.03. The molecule has 0 spiro atoms. The Bertz CT molecular complexity index is 1950. The molecule has 0 fully saturated rings. The minimum Gasteiger partial charge on any atom is -0.423 e. The SMILES string of the molecule is CNC(C)CCC1(C(N)=O)c2ccccc2-c2cccc(OC(=O)/C=C\C(=O)Oc3cccc4c3C(CCC(C)NC)(C(N)=O)c3ccccc3-4)c21. The fourth-order valence-corrected chi connectivity index (χ4v) is 7.86. The number of esters is 2. The second-order valence-electron chi connectivity index (χ2n) is 13.6. The largest absolute Gasteiger partial charge is 0.423 e. The lowest BCUT2D eigenvalue weighted by atomic mass is 9.73. The van der Waals surface area contributed by atoms with Gasteiger partial charge in [-0.3, -0.25) is 9.59 Å². The Morgan fingerprint density at radius 1 is 0.596 bits per heavy atom. The van der Waals surface area contributed by atoms with Crippen molar-refractivity contribution in [2.24, 2.45) is 11.5 Å². The topological polar surface area (TPSA) is 163 Å². The van der Waals surface area contributed by atoms with Crippen LogP contribution in [-0.2, 0) is 30.0 Å². The molecule has 0 saturated carbocycles. The van der Waals surface area contributed by atoms with Crippen LogP contribution in [0.1, 0.15) is 61.8 Å². The molecule has 6 N–H and O–H groups in total. The third-order valence-electron chi connectivity index (χ3n) is 10.8. The lowest BCUT2D eigenvalue weighted by molar-refractivity contribution is -0.131. The first-order valence-electron chi connectivity index (χ1n) is 17.5. The Morgan fingerprint density at radius 3 is 1.33 bits per heavy atom. The van der Waals surface area contributed by atoms with E-state index in [1.807, 2.05) is 88.6 Å². The Morgan fingerprint density at radius 2 is 0.962 bits per heavy atom. The number of carbonyl (C=O) groups is 4. The maximum absolute atomic E-state index is 13.5. The fraction of sp³-hybridized carbons (Fsp3) is 0.286. The van der Waals surface area contributed by atoms with E-state index >= 15 is 0 Å². The Kier molecular flexibility index (Phi) is 10.2. The van der Waals surface area contributed by atoms with Crippen molar-refractivity contribution in [2.45, 2.75) is 62.4 Å². The van der Waals surface area contributed by atoms with Gasteiger partial charge in [-0.1, -0.05) is 72.8 Å². The summed E-state index contributed by atoms with van der Waals surface area (Å²) in [4.78, 5) is 53.6. The van der Waals surface area contributed by atoms with Gasteiger partial charge in [0.25, 0.3) is 0 Å². The van der Waals surface area contributed by atoms with E-state index in [2.05, 4.69) is 10.6 Å². The number of amides is 2. The fourth-order valence-electron chi connectivity index (χ4n) is 7.86. The van der Waals surface area contributed by atoms with Crippen LogP contribution in [0, 0.1) is 0 Å². The third-order valence-corrected chi connectivity index (χ3v) is 10.8. The summed E-state index contributed by atoms with van der Waals surface area (Å²) >= 11 is 0. The average molecular weight is 701 g/mol. The summed E-state index contributed by atoms with van der Waals surface area (Å²) in [7, 11) is 3.71. The first-order valence-corrected chi connectivity index (χ1v) is 17.5. The average Bonchev–Trinajstić information content (AvgIpc) is 3.62. The van der Waals surface area contributed by atoms with Crippen molar-refractivity contribution in [3.63, 3.8) is 0 Å². The van der Waals surface area contributed by atoms with Crippen LogP contribution in [0.3, 0.4) is 0 Å². The minimum absolute atomic E-state index is 0.0983. The van der Waals surface area contributed by atoms with E-state index < -0.39 is 34.6 Å². The van der Waals surface area contributed by atoms with Crippen molar-refractivity contribution in [3.05, 3.63) is 119 Å². The monoisotopic (exact) mass is 700 g/mol. The summed E-state index contributed by atoms with van der Waals surface area (Å²) in [5.41, 5.74) is 15.7. The van der Waals surface area contributed by atoms with Crippen LogP contribution in [0.25, 0.3) is 22.3 Å². The highest BCUT2D eigenvalue weighted by molar-refractivity contribution is 6.03. The van der Waals surface area contributed by atoms with Gasteiger partial charge in [-0.2, -0.15) is 0 Å². The quantitative estimate of drug-likeness (QED) is 0.0809. The minimum atomic E-state index is -1.24. The number of primary amides is 2. The molecule has 6 rings (SSSR count). The van der Waals surface area contributed by atoms with Gasteiger partial charge in [0.15, 0.2) is 0 Å². The highest BCUT2D eigenvalue weighted by Gasteiger charge is 2.51. The Hall–Kier alpha value is -5.58. The molecule has 0 aliphatic heterocycles. The molecule has 2 amide bonds. The third kappa shape index (κ3) is 6.07. The van der Waals surface area contributed by atoms with Crippen molar-refractivity contribution in [1.82, 2.24) is 10.6 Å². The molecule has 52 heavy (non-hydrogen) atoms. The number of hydrogen-bond donors (Lipinski definition) is 4. The molecule has 0 radical (unpaired) electrons. The molecule has 2 aliphatic rings. The highest BCUT2D eigenvalue weighted by Crippen LogP contribution is 2.56. The van der Waals surface area contributed by atoms with Crippen molar-refractivity contribution < 1.29 is 28.7 Å². The zero-order valence-corrected chi connectivity index (χ0v) is 29.8. The van der Waals surface area contributed by atoms with Gasteiger partial charge < -0.3 is 31.6 Å². The van der Waals surface area contributed by atoms with Crippen molar-refractivity contribution in [1.29, 1.82) is 0 Å². The molecule has 0 aromatic heterocycles. The summed E-state index contributed by atoms with van der Waals surface area (Å²) < 4.78 is 11.7. The van der Waals surface area contributed by atoms with Crippen LogP contribution in [0.4, 0.5) is 0 Å². The van der Waals surface area contributed by atoms with Crippen molar-refractivity contribution in [2.75, 3.05) is 14.1 Å². The normalized spacial score (nSPS) is 19.2. The summed E-state index contributed by atoms with van der Waals surface area (Å²) in [5, 5.41) is 6.42. The zero-order valence-electron chi connectivity index (χ0n) is 29.8. The lowest BCUT2D eigenvalue weighted by Gasteiger charge is -2.31. The summed E-state index contributed by atoms with van der Waals surface area (Å²) in [6.45, 7) is 4.04. The first kappa shape index (κ1) is 36.2. The van der Waals surface area contributed by atoms with Gasteiger partial charge in [0.1, 0.15) is 22.3 Å². The molecule has 4 aromatic rings. The van der Waals surface area contributed by atoms with E-state index in [1.165, 1.54) is 0 Å². The van der Waals surface area contributed by atoms with Crippen LogP contribution < -0.4 is 31.6 Å². The van der Waals surface area contributed by atoms with E-state index in [9.17, 15) is 19.2 Å². The van der Waals surface area contributed by atoms with Gasteiger partial charge in [0.05, 0.1) is 0 Å². The molecule has 268 valence electrons. The van der Waals surface area contributed by atoms with Crippen LogP contribution in [0.5, 0.6) is 11.5 Å². The number of rotatable bonds is 14. The highest BCUT2D eigenvalue weighted by atomic mass is 16.5. The zero-order chi connectivity index (χ0) is 37.2. The van der Waals surface area contributed by atoms with E-state index in [-0.39, 0.29) is 23.6 Å². The molecule has 4 aromatic carbocycles. The van der Waals surface area contributed by atoms with Gasteiger partial charge in [0, 0.05) is 35.4 Å². The molecule has 4 atom stereocenters. The van der Waals surface area contributed by atoms with Crippen molar-refractivity contribution in [3.8, 4) is 33.8 Å². The molecule has 0 saturated heterocycles. The van der Waals surface area contributed by atoms with Crippen LogP contribution in [-0.4, -0.2) is 49.9 Å². The second-order valence-corrected chi connectivity index (χ2v) is 13.6. The number of benzene rings is 4. The van der Waals surface area contributed by atoms with Gasteiger partial charge in [-0.15, -0.1) is 0 Å². The Labute approximate surface area is 303 Å². The van der Waals surface area contributed by atoms with E-state index in [4.69, 9.17) is 20.9 Å². The van der Waals surface area contributed by atoms with Crippen molar-refractivity contribution >= 4 is 23.8 Å². The molecule has 4 unspecified atom stereocenters. The molecule has 10 heteroatoms. The first-order chi connectivity index (χ1) is 25.0. The summed E-state index contributed by atoms with van der Waals surface area (Å²) in [6.07, 6.45) is 3.98. The van der Waals surface area contributed by atoms with Crippen LogP contribution >= 0.6 is 0 Å². The number of nitrogens with two attached hydrogens (primary N) is 2. The van der Waals surface area contributed by atoms with Crippen LogP contribution in [0.15, 0.2) is 97.1 Å². The molecule has 0 heterocycles. The van der Waals surface area contributed by atoms with Gasteiger partial charge in [0.2, 0.25) is 11.8 Å². The smallest absolute Gasteiger partial charge is 0.336 e. The van der Waals surface area contributed by atoms with E-state index in [1.54, 1.807) is 24.3 Å². The van der Waals surface area contributed by atoms with E-state index in [0.29, 0.717) is 36.8 Å². The summed E-state index contributed by atoms with van der Waals surface area (Å²) in [6, 6.07) is 25.8. The standard InChI is InChI=1S/C42H44N4O6/c1-25(45-3)21-23-41(39(43)49)31-15-7-5-11-27(31)29-13-9-17-33(37(29)41)51-35(47)19-20-36(48)52-34-18-10-14-30-28-12-6-8-16-32(28)42(38(30)34,40(44)50)24-22-26(2)46-4/h5-20,25-26,45-46H,21-24H2,1-4H3,(H2,43,49)(H2,44,50)/b20-19-. The van der Waals surface area contributed by atoms with E-state index in [0.717, 1.165) is 45.5 Å². The number of hydrogen-bond acceptors (Lipinski definition) is 8. The maximum atomic E-state index is 13.5. The molecule has 10 nitrogen and oxygen atoms in total. The molecule has 2 aliphatic carbocycles. The summed E-state index contributed by atoms with van der Waals surface area (Å²) in [5.74, 6) is -2.44.